The number of fused-ring (bicyclic) bond motifs is 1. The number of likely N-dealkylation sites (tertiary alicyclic amines) is 1. The number of rotatable bonds is 4. The molecular formula is C23H27N3O2S2. The third-order valence-electron chi connectivity index (χ3n) is 6.02. The fourth-order valence-corrected chi connectivity index (χ4v) is 5.90. The molecule has 0 bridgehead atoms. The summed E-state index contributed by atoms with van der Waals surface area (Å²) in [6, 6.07) is 5.97. The van der Waals surface area contributed by atoms with E-state index in [4.69, 9.17) is 4.98 Å². The Morgan fingerprint density at radius 3 is 2.57 bits per heavy atom. The SMILES string of the molecule is Cc1cccc(-n2c(SCC(=O)N3CCCCC3)nc3sc(C)c(C)c3c2=O)c1C. The van der Waals surface area contributed by atoms with E-state index in [0.29, 0.717) is 16.3 Å². The number of benzene rings is 1. The van der Waals surface area contributed by atoms with E-state index >= 15 is 0 Å². The van der Waals surface area contributed by atoms with E-state index in [2.05, 4.69) is 0 Å². The summed E-state index contributed by atoms with van der Waals surface area (Å²) in [6.45, 7) is 9.74. The topological polar surface area (TPSA) is 55.2 Å². The number of aryl methyl sites for hydroxylation is 3. The maximum Gasteiger partial charge on any atom is 0.267 e. The normalized spacial score (nSPS) is 14.5. The first-order valence-electron chi connectivity index (χ1n) is 10.4. The highest BCUT2D eigenvalue weighted by Crippen LogP contribution is 2.30. The van der Waals surface area contributed by atoms with E-state index < -0.39 is 0 Å². The lowest BCUT2D eigenvalue weighted by Crippen LogP contribution is -2.36. The second-order valence-electron chi connectivity index (χ2n) is 7.95. The van der Waals surface area contributed by atoms with Crippen LogP contribution in [0.1, 0.15) is 40.8 Å². The largest absolute Gasteiger partial charge is 0.342 e. The van der Waals surface area contributed by atoms with Crippen molar-refractivity contribution in [2.75, 3.05) is 18.8 Å². The van der Waals surface area contributed by atoms with Crippen molar-refractivity contribution in [3.05, 3.63) is 50.1 Å². The molecule has 158 valence electrons. The first-order chi connectivity index (χ1) is 14.4. The van der Waals surface area contributed by atoms with E-state index in [9.17, 15) is 9.59 Å². The van der Waals surface area contributed by atoms with Gasteiger partial charge in [0.25, 0.3) is 5.56 Å². The van der Waals surface area contributed by atoms with Crippen molar-refractivity contribution < 1.29 is 4.79 Å². The molecule has 1 fully saturated rings. The van der Waals surface area contributed by atoms with Crippen molar-refractivity contribution in [2.24, 2.45) is 0 Å². The number of amides is 1. The zero-order chi connectivity index (χ0) is 21.4. The summed E-state index contributed by atoms with van der Waals surface area (Å²) in [7, 11) is 0. The molecule has 0 spiro atoms. The molecule has 3 heterocycles. The molecule has 1 aliphatic heterocycles. The predicted molar refractivity (Wildman–Crippen MR) is 125 cm³/mol. The van der Waals surface area contributed by atoms with Gasteiger partial charge in [0.2, 0.25) is 5.91 Å². The van der Waals surface area contributed by atoms with Crippen LogP contribution in [0.4, 0.5) is 0 Å². The molecule has 0 aliphatic carbocycles. The fraction of sp³-hybridized carbons (Fsp3) is 0.435. The van der Waals surface area contributed by atoms with Crippen LogP contribution in [-0.2, 0) is 4.79 Å². The minimum Gasteiger partial charge on any atom is -0.342 e. The first kappa shape index (κ1) is 21.1. The van der Waals surface area contributed by atoms with Crippen LogP contribution in [0.3, 0.4) is 0 Å². The molecule has 2 aromatic heterocycles. The van der Waals surface area contributed by atoms with Crippen LogP contribution in [0.15, 0.2) is 28.2 Å². The predicted octanol–water partition coefficient (Wildman–Crippen LogP) is 4.79. The van der Waals surface area contributed by atoms with E-state index in [1.54, 1.807) is 15.9 Å². The molecule has 3 aromatic rings. The third-order valence-corrected chi connectivity index (χ3v) is 8.05. The van der Waals surface area contributed by atoms with Crippen molar-refractivity contribution >= 4 is 39.2 Å². The molecule has 0 unspecified atom stereocenters. The zero-order valence-corrected chi connectivity index (χ0v) is 19.6. The van der Waals surface area contributed by atoms with E-state index in [0.717, 1.165) is 58.0 Å². The van der Waals surface area contributed by atoms with Crippen molar-refractivity contribution in [2.45, 2.75) is 52.1 Å². The van der Waals surface area contributed by atoms with Crippen molar-refractivity contribution in [3.63, 3.8) is 0 Å². The second-order valence-corrected chi connectivity index (χ2v) is 10.1. The number of nitrogens with zero attached hydrogens (tertiary/aromatic N) is 3. The molecule has 0 saturated carbocycles. The Labute approximate surface area is 185 Å². The van der Waals surface area contributed by atoms with Crippen LogP contribution in [0, 0.1) is 27.7 Å². The van der Waals surface area contributed by atoms with Crippen LogP contribution < -0.4 is 5.56 Å². The number of hydrogen-bond donors (Lipinski definition) is 0. The zero-order valence-electron chi connectivity index (χ0n) is 17.9. The summed E-state index contributed by atoms with van der Waals surface area (Å²) in [6.07, 6.45) is 3.33. The molecule has 1 saturated heterocycles. The monoisotopic (exact) mass is 441 g/mol. The molecule has 1 aliphatic rings. The van der Waals surface area contributed by atoms with Gasteiger partial charge in [0.15, 0.2) is 5.16 Å². The molecule has 0 N–H and O–H groups in total. The van der Waals surface area contributed by atoms with Gasteiger partial charge < -0.3 is 4.90 Å². The molecule has 7 heteroatoms. The third kappa shape index (κ3) is 3.81. The Hall–Kier alpha value is -2.12. The van der Waals surface area contributed by atoms with Gasteiger partial charge in [-0.3, -0.25) is 14.2 Å². The summed E-state index contributed by atoms with van der Waals surface area (Å²) in [4.78, 5) is 35.0. The molecule has 1 amide bonds. The number of carbonyl (C=O) groups is 1. The molecule has 1 aromatic carbocycles. The number of aromatic nitrogens is 2. The lowest BCUT2D eigenvalue weighted by Gasteiger charge is -2.26. The molecule has 30 heavy (non-hydrogen) atoms. The summed E-state index contributed by atoms with van der Waals surface area (Å²) in [5.41, 5.74) is 3.95. The summed E-state index contributed by atoms with van der Waals surface area (Å²) >= 11 is 2.92. The van der Waals surface area contributed by atoms with Crippen LogP contribution in [0.25, 0.3) is 15.9 Å². The quantitative estimate of drug-likeness (QED) is 0.432. The molecule has 0 radical (unpaired) electrons. The van der Waals surface area contributed by atoms with Gasteiger partial charge in [-0.15, -0.1) is 11.3 Å². The minimum absolute atomic E-state index is 0.0523. The smallest absolute Gasteiger partial charge is 0.267 e. The molecule has 4 rings (SSSR count). The first-order valence-corrected chi connectivity index (χ1v) is 12.2. The highest BCUT2D eigenvalue weighted by atomic mass is 32.2. The van der Waals surface area contributed by atoms with Gasteiger partial charge in [0, 0.05) is 18.0 Å². The number of thioether (sulfide) groups is 1. The Balaban J connectivity index is 1.80. The number of thiophene rings is 1. The highest BCUT2D eigenvalue weighted by Gasteiger charge is 2.22. The maximum atomic E-state index is 13.6. The average Bonchev–Trinajstić information content (AvgIpc) is 3.03. The lowest BCUT2D eigenvalue weighted by molar-refractivity contribution is -0.129. The van der Waals surface area contributed by atoms with Gasteiger partial charge >= 0.3 is 0 Å². The van der Waals surface area contributed by atoms with E-state index in [1.807, 2.05) is 50.8 Å². The van der Waals surface area contributed by atoms with Crippen LogP contribution >= 0.6 is 23.1 Å². The van der Waals surface area contributed by atoms with Crippen molar-refractivity contribution in [3.8, 4) is 5.69 Å². The fourth-order valence-electron chi connectivity index (χ4n) is 3.92. The van der Waals surface area contributed by atoms with Gasteiger partial charge in [-0.1, -0.05) is 23.9 Å². The Morgan fingerprint density at radius 2 is 1.83 bits per heavy atom. The summed E-state index contributed by atoms with van der Waals surface area (Å²) < 4.78 is 1.71. The van der Waals surface area contributed by atoms with Gasteiger partial charge in [-0.2, -0.15) is 0 Å². The molecule has 5 nitrogen and oxygen atoms in total. The highest BCUT2D eigenvalue weighted by molar-refractivity contribution is 7.99. The second kappa shape index (κ2) is 8.55. The summed E-state index contributed by atoms with van der Waals surface area (Å²) in [5, 5.41) is 1.28. The van der Waals surface area contributed by atoms with Crippen LogP contribution in [0.2, 0.25) is 0 Å². The Kier molecular flexibility index (Phi) is 6.02. The Bertz CT molecular complexity index is 1170. The molecular weight excluding hydrogens is 414 g/mol. The van der Waals surface area contributed by atoms with Gasteiger partial charge in [-0.25, -0.2) is 4.98 Å². The summed E-state index contributed by atoms with van der Waals surface area (Å²) in [5.74, 6) is 0.423. The van der Waals surface area contributed by atoms with Crippen LogP contribution in [0.5, 0.6) is 0 Å². The van der Waals surface area contributed by atoms with Crippen LogP contribution in [-0.4, -0.2) is 39.2 Å². The van der Waals surface area contributed by atoms with Gasteiger partial charge in [0.05, 0.1) is 16.8 Å². The van der Waals surface area contributed by atoms with Gasteiger partial charge in [0.1, 0.15) is 4.83 Å². The number of carbonyl (C=O) groups excluding carboxylic acids is 1. The standard InChI is InChI=1S/C23H27N3O2S2/c1-14-9-8-10-18(15(14)2)26-22(28)20-16(3)17(4)30-21(20)24-23(26)29-13-19(27)25-11-6-5-7-12-25/h8-10H,5-7,11-13H2,1-4H3. The maximum absolute atomic E-state index is 13.6. The number of piperidine rings is 1. The van der Waals surface area contributed by atoms with Crippen molar-refractivity contribution in [1.29, 1.82) is 0 Å². The lowest BCUT2D eigenvalue weighted by atomic mass is 10.1. The minimum atomic E-state index is -0.0523. The number of hydrogen-bond acceptors (Lipinski definition) is 5. The van der Waals surface area contributed by atoms with Gasteiger partial charge in [-0.05, 0) is 69.7 Å². The van der Waals surface area contributed by atoms with E-state index in [-0.39, 0.29) is 11.5 Å². The van der Waals surface area contributed by atoms with Crippen molar-refractivity contribution in [1.82, 2.24) is 14.5 Å². The average molecular weight is 442 g/mol. The molecule has 0 atom stereocenters. The van der Waals surface area contributed by atoms with E-state index in [1.165, 1.54) is 18.2 Å². The Morgan fingerprint density at radius 1 is 1.10 bits per heavy atom.